The summed E-state index contributed by atoms with van der Waals surface area (Å²) in [5.41, 5.74) is 1.54. The molecule has 0 radical (unpaired) electrons. The SMILES string of the molecule is CN1C(=O)Cc2cc(CN=C=O)cc(F)c21. The van der Waals surface area contributed by atoms with E-state index < -0.39 is 5.82 Å². The first-order valence-electron chi connectivity index (χ1n) is 4.75. The van der Waals surface area contributed by atoms with Crippen molar-refractivity contribution in [2.75, 3.05) is 11.9 Å². The summed E-state index contributed by atoms with van der Waals surface area (Å²) >= 11 is 0. The van der Waals surface area contributed by atoms with Crippen LogP contribution < -0.4 is 4.90 Å². The van der Waals surface area contributed by atoms with Crippen LogP contribution in [-0.4, -0.2) is 19.0 Å². The number of carbonyl (C=O) groups excluding carboxylic acids is 2. The van der Waals surface area contributed by atoms with E-state index >= 15 is 0 Å². The Kier molecular flexibility index (Phi) is 2.54. The van der Waals surface area contributed by atoms with E-state index in [1.165, 1.54) is 17.0 Å². The van der Waals surface area contributed by atoms with Crippen molar-refractivity contribution in [3.8, 4) is 0 Å². The number of anilines is 1. The number of fused-ring (bicyclic) bond motifs is 1. The fourth-order valence-corrected chi connectivity index (χ4v) is 1.85. The maximum atomic E-state index is 13.7. The predicted molar refractivity (Wildman–Crippen MR) is 55.3 cm³/mol. The quantitative estimate of drug-likeness (QED) is 0.555. The first-order chi connectivity index (χ1) is 7.63. The van der Waals surface area contributed by atoms with Crippen molar-refractivity contribution >= 4 is 17.7 Å². The van der Waals surface area contributed by atoms with Gasteiger partial charge in [0.05, 0.1) is 18.7 Å². The smallest absolute Gasteiger partial charge is 0.235 e. The number of hydrogen-bond donors (Lipinski definition) is 0. The van der Waals surface area contributed by atoms with Crippen LogP contribution >= 0.6 is 0 Å². The van der Waals surface area contributed by atoms with Crippen LogP contribution in [0, 0.1) is 5.82 Å². The summed E-state index contributed by atoms with van der Waals surface area (Å²) in [7, 11) is 1.54. The van der Waals surface area contributed by atoms with E-state index in [1.54, 1.807) is 13.1 Å². The van der Waals surface area contributed by atoms with Crippen LogP contribution in [0.4, 0.5) is 10.1 Å². The number of nitrogens with zero attached hydrogens (tertiary/aromatic N) is 2. The number of rotatable bonds is 2. The molecule has 82 valence electrons. The Hall–Kier alpha value is -2.00. The van der Waals surface area contributed by atoms with Crippen molar-refractivity contribution in [3.05, 3.63) is 29.1 Å². The molecular formula is C11H9FN2O2. The number of benzene rings is 1. The lowest BCUT2D eigenvalue weighted by Gasteiger charge is -2.11. The number of hydrogen-bond acceptors (Lipinski definition) is 3. The fourth-order valence-electron chi connectivity index (χ4n) is 1.85. The highest BCUT2D eigenvalue weighted by Crippen LogP contribution is 2.31. The van der Waals surface area contributed by atoms with Crippen LogP contribution in [0.1, 0.15) is 11.1 Å². The van der Waals surface area contributed by atoms with Crippen molar-refractivity contribution in [2.45, 2.75) is 13.0 Å². The summed E-state index contributed by atoms with van der Waals surface area (Å²) in [4.78, 5) is 26.0. The Labute approximate surface area is 91.4 Å². The number of carbonyl (C=O) groups is 1. The van der Waals surface area contributed by atoms with Gasteiger partial charge in [-0.05, 0) is 17.2 Å². The molecular weight excluding hydrogens is 211 g/mol. The van der Waals surface area contributed by atoms with E-state index in [-0.39, 0.29) is 18.9 Å². The van der Waals surface area contributed by atoms with Crippen molar-refractivity contribution in [2.24, 2.45) is 4.99 Å². The highest BCUT2D eigenvalue weighted by molar-refractivity contribution is 6.01. The largest absolute Gasteiger partial charge is 0.312 e. The van der Waals surface area contributed by atoms with Crippen LogP contribution in [0.2, 0.25) is 0 Å². The lowest BCUT2D eigenvalue weighted by atomic mass is 10.1. The van der Waals surface area contributed by atoms with Crippen molar-refractivity contribution in [1.82, 2.24) is 0 Å². The molecule has 0 atom stereocenters. The molecule has 1 aromatic rings. The van der Waals surface area contributed by atoms with E-state index in [1.807, 2.05) is 0 Å². The monoisotopic (exact) mass is 220 g/mol. The van der Waals surface area contributed by atoms with Crippen molar-refractivity contribution in [1.29, 1.82) is 0 Å². The van der Waals surface area contributed by atoms with E-state index in [9.17, 15) is 14.0 Å². The minimum atomic E-state index is -0.457. The molecule has 2 rings (SSSR count). The van der Waals surface area contributed by atoms with Gasteiger partial charge in [0.1, 0.15) is 5.82 Å². The highest BCUT2D eigenvalue weighted by Gasteiger charge is 2.27. The van der Waals surface area contributed by atoms with E-state index in [0.29, 0.717) is 16.8 Å². The Morgan fingerprint density at radius 1 is 1.56 bits per heavy atom. The zero-order valence-corrected chi connectivity index (χ0v) is 8.66. The summed E-state index contributed by atoms with van der Waals surface area (Å²) < 4.78 is 13.7. The molecule has 1 amide bonds. The maximum Gasteiger partial charge on any atom is 0.235 e. The zero-order valence-electron chi connectivity index (χ0n) is 8.66. The second kappa shape index (κ2) is 3.87. The molecule has 0 aliphatic carbocycles. The normalized spacial score (nSPS) is 13.6. The average Bonchev–Trinajstić information content (AvgIpc) is 2.52. The van der Waals surface area contributed by atoms with Gasteiger partial charge in [-0.15, -0.1) is 0 Å². The van der Waals surface area contributed by atoms with Gasteiger partial charge in [-0.1, -0.05) is 6.07 Å². The van der Waals surface area contributed by atoms with E-state index in [2.05, 4.69) is 4.99 Å². The molecule has 0 N–H and O–H groups in total. The van der Waals surface area contributed by atoms with Gasteiger partial charge >= 0.3 is 0 Å². The minimum absolute atomic E-state index is 0.0889. The molecule has 5 heteroatoms. The van der Waals surface area contributed by atoms with Crippen LogP contribution in [0.25, 0.3) is 0 Å². The first-order valence-corrected chi connectivity index (χ1v) is 4.75. The highest BCUT2D eigenvalue weighted by atomic mass is 19.1. The van der Waals surface area contributed by atoms with Crippen LogP contribution in [0.15, 0.2) is 17.1 Å². The molecule has 0 spiro atoms. The second-order valence-electron chi connectivity index (χ2n) is 3.62. The van der Waals surface area contributed by atoms with Gasteiger partial charge in [-0.25, -0.2) is 14.2 Å². The molecule has 0 aromatic heterocycles. The molecule has 1 aliphatic rings. The number of halogens is 1. The number of likely N-dealkylation sites (N-methyl/N-ethyl adjacent to an activating group) is 1. The van der Waals surface area contributed by atoms with Crippen molar-refractivity contribution < 1.29 is 14.0 Å². The van der Waals surface area contributed by atoms with Gasteiger partial charge < -0.3 is 4.90 Å². The molecule has 0 saturated carbocycles. The Bertz CT molecular complexity index is 507. The number of isocyanates is 1. The Morgan fingerprint density at radius 3 is 3.00 bits per heavy atom. The molecule has 0 bridgehead atoms. The topological polar surface area (TPSA) is 49.7 Å². The standard InChI is InChI=1S/C11H9FN2O2/c1-14-10(16)4-8-2-7(5-13-6-15)3-9(12)11(8)14/h2-3H,4-5H2,1H3. The van der Waals surface area contributed by atoms with Crippen LogP contribution in [0.5, 0.6) is 0 Å². The van der Waals surface area contributed by atoms with Gasteiger partial charge in [0.2, 0.25) is 12.0 Å². The average molecular weight is 220 g/mol. The first kappa shape index (κ1) is 10.5. The molecule has 0 fully saturated rings. The second-order valence-corrected chi connectivity index (χ2v) is 3.62. The summed E-state index contributed by atoms with van der Waals surface area (Å²) in [5.74, 6) is -0.591. The predicted octanol–water partition coefficient (Wildman–Crippen LogP) is 1.18. The van der Waals surface area contributed by atoms with Gasteiger partial charge in [-0.2, -0.15) is 0 Å². The van der Waals surface area contributed by atoms with Crippen LogP contribution in [0.3, 0.4) is 0 Å². The fraction of sp³-hybridized carbons (Fsp3) is 0.273. The van der Waals surface area contributed by atoms with Gasteiger partial charge in [-0.3, -0.25) is 4.79 Å². The molecule has 0 saturated heterocycles. The molecule has 0 unspecified atom stereocenters. The lowest BCUT2D eigenvalue weighted by Crippen LogP contribution is -2.21. The van der Waals surface area contributed by atoms with E-state index in [4.69, 9.17) is 0 Å². The lowest BCUT2D eigenvalue weighted by molar-refractivity contribution is -0.117. The summed E-state index contributed by atoms with van der Waals surface area (Å²) in [6.07, 6.45) is 1.59. The summed E-state index contributed by atoms with van der Waals surface area (Å²) in [6.45, 7) is 0.0889. The Balaban J connectivity index is 2.44. The van der Waals surface area contributed by atoms with Gasteiger partial charge in [0.15, 0.2) is 0 Å². The summed E-state index contributed by atoms with van der Waals surface area (Å²) in [6, 6.07) is 2.98. The third-order valence-corrected chi connectivity index (χ3v) is 2.58. The van der Waals surface area contributed by atoms with Gasteiger partial charge in [0.25, 0.3) is 0 Å². The molecule has 4 nitrogen and oxygen atoms in total. The molecule has 1 heterocycles. The molecule has 16 heavy (non-hydrogen) atoms. The third-order valence-electron chi connectivity index (χ3n) is 2.58. The number of amides is 1. The zero-order chi connectivity index (χ0) is 11.7. The molecule has 1 aromatic carbocycles. The third kappa shape index (κ3) is 1.61. The van der Waals surface area contributed by atoms with E-state index in [0.717, 1.165) is 0 Å². The molecule has 1 aliphatic heterocycles. The Morgan fingerprint density at radius 2 is 2.31 bits per heavy atom. The number of aliphatic imine (C=N–C) groups is 1. The van der Waals surface area contributed by atoms with Gasteiger partial charge in [0, 0.05) is 7.05 Å². The minimum Gasteiger partial charge on any atom is -0.312 e. The maximum absolute atomic E-state index is 13.7. The van der Waals surface area contributed by atoms with Crippen LogP contribution in [-0.2, 0) is 22.6 Å². The summed E-state index contributed by atoms with van der Waals surface area (Å²) in [5, 5.41) is 0. The van der Waals surface area contributed by atoms with Crippen molar-refractivity contribution in [3.63, 3.8) is 0 Å².